The molecule has 1 N–H and O–H groups in total. The minimum Gasteiger partial charge on any atom is -0.314 e. The molecule has 0 aliphatic rings. The predicted octanol–water partition coefficient (Wildman–Crippen LogP) is 3.92. The lowest BCUT2D eigenvalue weighted by Crippen LogP contribution is -2.05. The molecular formula is C12H13BrN2S2. The second-order valence-corrected chi connectivity index (χ2v) is 6.30. The van der Waals surface area contributed by atoms with Crippen LogP contribution >= 0.6 is 39.0 Å². The van der Waals surface area contributed by atoms with Gasteiger partial charge in [-0.15, -0.1) is 23.1 Å². The van der Waals surface area contributed by atoms with E-state index in [0.29, 0.717) is 0 Å². The first kappa shape index (κ1) is 13.1. The molecule has 0 saturated heterocycles. The Labute approximate surface area is 118 Å². The SMILES string of the molecule is CNCc1csc(CSc2ccccc2Br)n1. The van der Waals surface area contributed by atoms with Crippen molar-refractivity contribution in [3.8, 4) is 0 Å². The first-order valence-electron chi connectivity index (χ1n) is 5.25. The summed E-state index contributed by atoms with van der Waals surface area (Å²) in [7, 11) is 1.94. The molecule has 2 aromatic rings. The molecule has 0 atom stereocenters. The van der Waals surface area contributed by atoms with E-state index in [9.17, 15) is 0 Å². The van der Waals surface area contributed by atoms with E-state index in [2.05, 4.69) is 49.8 Å². The van der Waals surface area contributed by atoms with Gasteiger partial charge in [-0.3, -0.25) is 0 Å². The Balaban J connectivity index is 1.95. The molecule has 5 heteroatoms. The fourth-order valence-electron chi connectivity index (χ4n) is 1.38. The number of benzene rings is 1. The van der Waals surface area contributed by atoms with Gasteiger partial charge in [0.2, 0.25) is 0 Å². The molecule has 1 aromatic heterocycles. The van der Waals surface area contributed by atoms with Gasteiger partial charge in [-0.05, 0) is 35.1 Å². The summed E-state index contributed by atoms with van der Waals surface area (Å²) in [5, 5.41) is 6.40. The lowest BCUT2D eigenvalue weighted by atomic mass is 10.4. The van der Waals surface area contributed by atoms with Crippen LogP contribution < -0.4 is 5.32 Å². The van der Waals surface area contributed by atoms with E-state index in [-0.39, 0.29) is 0 Å². The van der Waals surface area contributed by atoms with Crippen molar-refractivity contribution in [2.24, 2.45) is 0 Å². The topological polar surface area (TPSA) is 24.9 Å². The van der Waals surface area contributed by atoms with Crippen LogP contribution in [0.25, 0.3) is 0 Å². The Kier molecular flexibility index (Phi) is 5.03. The number of thiazole rings is 1. The van der Waals surface area contributed by atoms with Gasteiger partial charge in [-0.25, -0.2) is 4.98 Å². The maximum absolute atomic E-state index is 4.56. The highest BCUT2D eigenvalue weighted by Crippen LogP contribution is 2.30. The number of hydrogen-bond acceptors (Lipinski definition) is 4. The summed E-state index contributed by atoms with van der Waals surface area (Å²) in [5.74, 6) is 0.928. The van der Waals surface area contributed by atoms with Gasteiger partial charge in [0.25, 0.3) is 0 Å². The fraction of sp³-hybridized carbons (Fsp3) is 0.250. The van der Waals surface area contributed by atoms with Crippen LogP contribution in [0.15, 0.2) is 39.0 Å². The number of halogens is 1. The Morgan fingerprint density at radius 3 is 3.00 bits per heavy atom. The largest absolute Gasteiger partial charge is 0.314 e. The average molecular weight is 329 g/mol. The van der Waals surface area contributed by atoms with Crippen LogP contribution in [0.2, 0.25) is 0 Å². The minimum atomic E-state index is 0.843. The van der Waals surface area contributed by atoms with Crippen molar-refractivity contribution in [2.45, 2.75) is 17.2 Å². The van der Waals surface area contributed by atoms with Gasteiger partial charge < -0.3 is 5.32 Å². The monoisotopic (exact) mass is 328 g/mol. The van der Waals surface area contributed by atoms with E-state index in [1.54, 1.807) is 11.3 Å². The second kappa shape index (κ2) is 6.54. The molecule has 0 bridgehead atoms. The van der Waals surface area contributed by atoms with Crippen LogP contribution in [-0.4, -0.2) is 12.0 Å². The molecule has 0 spiro atoms. The summed E-state index contributed by atoms with van der Waals surface area (Å²) in [6, 6.07) is 8.28. The second-order valence-electron chi connectivity index (χ2n) is 3.48. The fourth-order valence-corrected chi connectivity index (χ4v) is 3.76. The summed E-state index contributed by atoms with van der Waals surface area (Å²) in [6.45, 7) is 0.843. The van der Waals surface area contributed by atoms with E-state index in [1.165, 1.54) is 9.90 Å². The Hall–Kier alpha value is -0.360. The van der Waals surface area contributed by atoms with Gasteiger partial charge in [0, 0.05) is 21.3 Å². The van der Waals surface area contributed by atoms with E-state index in [4.69, 9.17) is 0 Å². The third kappa shape index (κ3) is 3.81. The molecule has 90 valence electrons. The molecule has 0 radical (unpaired) electrons. The predicted molar refractivity (Wildman–Crippen MR) is 78.6 cm³/mol. The summed E-state index contributed by atoms with van der Waals surface area (Å²) in [6.07, 6.45) is 0. The molecule has 0 saturated carbocycles. The van der Waals surface area contributed by atoms with Crippen LogP contribution in [0.1, 0.15) is 10.7 Å². The minimum absolute atomic E-state index is 0.843. The van der Waals surface area contributed by atoms with Crippen LogP contribution in [0.5, 0.6) is 0 Å². The third-order valence-corrected chi connectivity index (χ3v) is 5.26. The molecule has 17 heavy (non-hydrogen) atoms. The summed E-state index contributed by atoms with van der Waals surface area (Å²) in [5.41, 5.74) is 1.13. The summed E-state index contributed by atoms with van der Waals surface area (Å²) in [4.78, 5) is 5.83. The van der Waals surface area contributed by atoms with Crippen molar-refractivity contribution in [3.05, 3.63) is 44.8 Å². The van der Waals surface area contributed by atoms with Gasteiger partial charge in [0.1, 0.15) is 5.01 Å². The number of aromatic nitrogens is 1. The molecular weight excluding hydrogens is 316 g/mol. The number of thioether (sulfide) groups is 1. The average Bonchev–Trinajstić information content (AvgIpc) is 2.76. The molecule has 0 amide bonds. The lowest BCUT2D eigenvalue weighted by molar-refractivity contribution is 0.794. The van der Waals surface area contributed by atoms with Crippen LogP contribution in [0.3, 0.4) is 0 Å². The molecule has 0 aliphatic heterocycles. The quantitative estimate of drug-likeness (QED) is 0.842. The number of hydrogen-bond donors (Lipinski definition) is 1. The molecule has 1 aromatic carbocycles. The van der Waals surface area contributed by atoms with Crippen molar-refractivity contribution in [2.75, 3.05) is 7.05 Å². The zero-order chi connectivity index (χ0) is 12.1. The van der Waals surface area contributed by atoms with Crippen molar-refractivity contribution < 1.29 is 0 Å². The molecule has 2 nitrogen and oxygen atoms in total. The first-order valence-corrected chi connectivity index (χ1v) is 7.90. The van der Waals surface area contributed by atoms with Crippen molar-refractivity contribution in [3.63, 3.8) is 0 Å². The highest BCUT2D eigenvalue weighted by atomic mass is 79.9. The van der Waals surface area contributed by atoms with Crippen molar-refractivity contribution >= 4 is 39.0 Å². The molecule has 2 rings (SSSR count). The Morgan fingerprint density at radius 1 is 1.41 bits per heavy atom. The van der Waals surface area contributed by atoms with Crippen LogP contribution in [0, 0.1) is 0 Å². The molecule has 0 aliphatic carbocycles. The Morgan fingerprint density at radius 2 is 2.24 bits per heavy atom. The normalized spacial score (nSPS) is 10.7. The lowest BCUT2D eigenvalue weighted by Gasteiger charge is -2.01. The van der Waals surface area contributed by atoms with Gasteiger partial charge in [0.05, 0.1) is 11.4 Å². The van der Waals surface area contributed by atoms with E-state index >= 15 is 0 Å². The van der Waals surface area contributed by atoms with Crippen LogP contribution in [-0.2, 0) is 12.3 Å². The maximum atomic E-state index is 4.56. The Bertz CT molecular complexity index is 485. The van der Waals surface area contributed by atoms with Crippen LogP contribution in [0.4, 0.5) is 0 Å². The maximum Gasteiger partial charge on any atom is 0.103 e. The number of nitrogens with one attached hydrogen (secondary N) is 1. The van der Waals surface area contributed by atoms with E-state index < -0.39 is 0 Å². The zero-order valence-corrected chi connectivity index (χ0v) is 12.7. The third-order valence-electron chi connectivity index (χ3n) is 2.15. The highest BCUT2D eigenvalue weighted by molar-refractivity contribution is 9.10. The summed E-state index contributed by atoms with van der Waals surface area (Å²) >= 11 is 7.09. The van der Waals surface area contributed by atoms with Crippen molar-refractivity contribution in [1.29, 1.82) is 0 Å². The number of rotatable bonds is 5. The molecule has 0 fully saturated rings. The molecule has 0 unspecified atom stereocenters. The zero-order valence-electron chi connectivity index (χ0n) is 9.44. The van der Waals surface area contributed by atoms with Crippen molar-refractivity contribution in [1.82, 2.24) is 10.3 Å². The van der Waals surface area contributed by atoms with Gasteiger partial charge >= 0.3 is 0 Å². The first-order chi connectivity index (χ1) is 8.29. The highest BCUT2D eigenvalue weighted by Gasteiger charge is 2.04. The number of nitrogens with zero attached hydrogens (tertiary/aromatic N) is 1. The van der Waals surface area contributed by atoms with Gasteiger partial charge in [-0.2, -0.15) is 0 Å². The van der Waals surface area contributed by atoms with Gasteiger partial charge in [-0.1, -0.05) is 12.1 Å². The van der Waals surface area contributed by atoms with Gasteiger partial charge in [0.15, 0.2) is 0 Å². The van der Waals surface area contributed by atoms with E-state index in [0.717, 1.165) is 22.5 Å². The standard InChI is InChI=1S/C12H13BrN2S2/c1-14-6-9-7-17-12(15-9)8-16-11-5-3-2-4-10(11)13/h2-5,7,14H,6,8H2,1H3. The van der Waals surface area contributed by atoms with E-state index in [1.807, 2.05) is 24.9 Å². The smallest absolute Gasteiger partial charge is 0.103 e. The summed E-state index contributed by atoms with van der Waals surface area (Å²) < 4.78 is 1.15. The molecule has 1 heterocycles.